The third-order valence-corrected chi connectivity index (χ3v) is 1.61. The van der Waals surface area contributed by atoms with Crippen LogP contribution in [0.4, 0.5) is 0 Å². The first-order valence-corrected chi connectivity index (χ1v) is 4.34. The Kier molecular flexibility index (Phi) is 3.76. The van der Waals surface area contributed by atoms with Crippen molar-refractivity contribution in [1.29, 1.82) is 0 Å². The van der Waals surface area contributed by atoms with Crippen molar-refractivity contribution < 1.29 is 4.79 Å². The minimum Gasteiger partial charge on any atom is -0.391 e. The van der Waals surface area contributed by atoms with Gasteiger partial charge in [0.2, 0.25) is 0 Å². The van der Waals surface area contributed by atoms with Gasteiger partial charge in [-0.05, 0) is 6.92 Å². The molecule has 0 bridgehead atoms. The van der Waals surface area contributed by atoms with Gasteiger partial charge in [0, 0.05) is 24.4 Å². The standard InChI is InChI=1S/C11H13NO/c1-2-12-9-8-11(13)10-6-4-3-5-7-10/h3-9,12H,2H2,1H3/b9-8-. The molecule has 0 amide bonds. The summed E-state index contributed by atoms with van der Waals surface area (Å²) in [6, 6.07) is 9.21. The van der Waals surface area contributed by atoms with Crippen LogP contribution < -0.4 is 5.32 Å². The molecule has 1 aromatic carbocycles. The minimum absolute atomic E-state index is 0.0292. The van der Waals surface area contributed by atoms with Crippen LogP contribution in [0.1, 0.15) is 17.3 Å². The van der Waals surface area contributed by atoms with E-state index in [2.05, 4.69) is 5.32 Å². The molecule has 13 heavy (non-hydrogen) atoms. The number of allylic oxidation sites excluding steroid dienone is 1. The van der Waals surface area contributed by atoms with E-state index in [-0.39, 0.29) is 5.78 Å². The van der Waals surface area contributed by atoms with E-state index in [9.17, 15) is 4.79 Å². The summed E-state index contributed by atoms with van der Waals surface area (Å²) in [5.74, 6) is 0.0292. The first-order chi connectivity index (χ1) is 6.34. The summed E-state index contributed by atoms with van der Waals surface area (Å²) in [5, 5.41) is 2.95. The van der Waals surface area contributed by atoms with Gasteiger partial charge in [0.15, 0.2) is 5.78 Å². The summed E-state index contributed by atoms with van der Waals surface area (Å²) in [4.78, 5) is 11.4. The van der Waals surface area contributed by atoms with Crippen molar-refractivity contribution in [2.75, 3.05) is 6.54 Å². The van der Waals surface area contributed by atoms with Crippen molar-refractivity contribution in [3.63, 3.8) is 0 Å². The van der Waals surface area contributed by atoms with Crippen LogP contribution in [0.25, 0.3) is 0 Å². The van der Waals surface area contributed by atoms with Crippen molar-refractivity contribution in [2.45, 2.75) is 6.92 Å². The van der Waals surface area contributed by atoms with E-state index in [1.165, 1.54) is 0 Å². The van der Waals surface area contributed by atoms with Crippen LogP contribution in [0.5, 0.6) is 0 Å². The lowest BCUT2D eigenvalue weighted by Gasteiger charge is -1.94. The third kappa shape index (κ3) is 3.11. The predicted octanol–water partition coefficient (Wildman–Crippen LogP) is 1.99. The second-order valence-corrected chi connectivity index (χ2v) is 2.62. The molecule has 1 rings (SSSR count). The molecule has 0 radical (unpaired) electrons. The Morgan fingerprint density at radius 2 is 2.08 bits per heavy atom. The van der Waals surface area contributed by atoms with Crippen LogP contribution >= 0.6 is 0 Å². The lowest BCUT2D eigenvalue weighted by atomic mass is 10.1. The van der Waals surface area contributed by atoms with Gasteiger partial charge in [0.25, 0.3) is 0 Å². The molecule has 0 heterocycles. The molecule has 1 aromatic rings. The minimum atomic E-state index is 0.0292. The molecule has 0 aliphatic carbocycles. The van der Waals surface area contributed by atoms with Crippen molar-refractivity contribution in [3.05, 3.63) is 48.2 Å². The molecule has 68 valence electrons. The molecule has 0 aromatic heterocycles. The number of rotatable bonds is 4. The molecule has 0 atom stereocenters. The zero-order valence-corrected chi connectivity index (χ0v) is 7.66. The van der Waals surface area contributed by atoms with Crippen LogP contribution in [0.2, 0.25) is 0 Å². The largest absolute Gasteiger partial charge is 0.391 e. The summed E-state index contributed by atoms with van der Waals surface area (Å²) in [5.41, 5.74) is 0.719. The Bertz CT molecular complexity index is 290. The van der Waals surface area contributed by atoms with Crippen molar-refractivity contribution >= 4 is 5.78 Å². The maximum Gasteiger partial charge on any atom is 0.187 e. The van der Waals surface area contributed by atoms with E-state index in [1.54, 1.807) is 24.4 Å². The van der Waals surface area contributed by atoms with Gasteiger partial charge < -0.3 is 5.32 Å². The average Bonchev–Trinajstić information content (AvgIpc) is 2.19. The molecule has 0 aliphatic rings. The van der Waals surface area contributed by atoms with Crippen molar-refractivity contribution in [1.82, 2.24) is 5.32 Å². The summed E-state index contributed by atoms with van der Waals surface area (Å²) in [6.07, 6.45) is 3.22. The van der Waals surface area contributed by atoms with Gasteiger partial charge >= 0.3 is 0 Å². The molecule has 0 saturated heterocycles. The Morgan fingerprint density at radius 3 is 2.69 bits per heavy atom. The molecular formula is C11H13NO. The second kappa shape index (κ2) is 5.14. The molecule has 0 saturated carbocycles. The normalized spacial score (nSPS) is 10.2. The van der Waals surface area contributed by atoms with Crippen LogP contribution in [-0.4, -0.2) is 12.3 Å². The van der Waals surface area contributed by atoms with Crippen LogP contribution in [-0.2, 0) is 0 Å². The Hall–Kier alpha value is -1.57. The maximum absolute atomic E-state index is 11.4. The highest BCUT2D eigenvalue weighted by atomic mass is 16.1. The fourth-order valence-corrected chi connectivity index (χ4v) is 0.951. The van der Waals surface area contributed by atoms with Gasteiger partial charge in [0.05, 0.1) is 0 Å². The highest BCUT2D eigenvalue weighted by molar-refractivity contribution is 6.04. The highest BCUT2D eigenvalue weighted by Crippen LogP contribution is 1.99. The molecule has 0 unspecified atom stereocenters. The highest BCUT2D eigenvalue weighted by Gasteiger charge is 1.97. The number of hydrogen-bond acceptors (Lipinski definition) is 2. The predicted molar refractivity (Wildman–Crippen MR) is 53.6 cm³/mol. The fraction of sp³-hybridized carbons (Fsp3) is 0.182. The molecule has 2 heteroatoms. The van der Waals surface area contributed by atoms with Gasteiger partial charge in [0.1, 0.15) is 0 Å². The smallest absolute Gasteiger partial charge is 0.187 e. The number of carbonyl (C=O) groups is 1. The summed E-state index contributed by atoms with van der Waals surface area (Å²) in [6.45, 7) is 2.82. The molecule has 0 fully saturated rings. The van der Waals surface area contributed by atoms with E-state index in [1.807, 2.05) is 25.1 Å². The summed E-state index contributed by atoms with van der Waals surface area (Å²) in [7, 11) is 0. The monoisotopic (exact) mass is 175 g/mol. The number of nitrogens with one attached hydrogen (secondary N) is 1. The Labute approximate surface area is 78.3 Å². The Morgan fingerprint density at radius 1 is 1.38 bits per heavy atom. The lowest BCUT2D eigenvalue weighted by molar-refractivity contribution is 0.104. The topological polar surface area (TPSA) is 29.1 Å². The molecule has 0 spiro atoms. The van der Waals surface area contributed by atoms with Gasteiger partial charge in [-0.3, -0.25) is 4.79 Å². The van der Waals surface area contributed by atoms with E-state index in [0.717, 1.165) is 12.1 Å². The lowest BCUT2D eigenvalue weighted by Crippen LogP contribution is -2.03. The Balaban J connectivity index is 2.59. The second-order valence-electron chi connectivity index (χ2n) is 2.62. The van der Waals surface area contributed by atoms with E-state index in [0.29, 0.717) is 0 Å². The quantitative estimate of drug-likeness (QED) is 0.560. The molecule has 0 aliphatic heterocycles. The maximum atomic E-state index is 11.4. The number of benzene rings is 1. The zero-order chi connectivity index (χ0) is 9.52. The van der Waals surface area contributed by atoms with Crippen LogP contribution in [0, 0.1) is 0 Å². The fourth-order valence-electron chi connectivity index (χ4n) is 0.951. The number of ketones is 1. The summed E-state index contributed by atoms with van der Waals surface area (Å²) < 4.78 is 0. The van der Waals surface area contributed by atoms with Gasteiger partial charge in [-0.1, -0.05) is 30.3 Å². The molecule has 1 N–H and O–H groups in total. The number of hydrogen-bond donors (Lipinski definition) is 1. The van der Waals surface area contributed by atoms with E-state index >= 15 is 0 Å². The van der Waals surface area contributed by atoms with Gasteiger partial charge in [-0.15, -0.1) is 0 Å². The van der Waals surface area contributed by atoms with Crippen LogP contribution in [0.3, 0.4) is 0 Å². The SMILES string of the molecule is CCN/C=C\C(=O)c1ccccc1. The van der Waals surface area contributed by atoms with E-state index < -0.39 is 0 Å². The zero-order valence-electron chi connectivity index (χ0n) is 7.66. The third-order valence-electron chi connectivity index (χ3n) is 1.61. The number of carbonyl (C=O) groups excluding carboxylic acids is 1. The first kappa shape index (κ1) is 9.52. The summed E-state index contributed by atoms with van der Waals surface area (Å²) >= 11 is 0. The van der Waals surface area contributed by atoms with Gasteiger partial charge in [-0.2, -0.15) is 0 Å². The van der Waals surface area contributed by atoms with Crippen molar-refractivity contribution in [3.8, 4) is 0 Å². The van der Waals surface area contributed by atoms with E-state index in [4.69, 9.17) is 0 Å². The van der Waals surface area contributed by atoms with Crippen LogP contribution in [0.15, 0.2) is 42.6 Å². The molecular weight excluding hydrogens is 162 g/mol. The average molecular weight is 175 g/mol. The van der Waals surface area contributed by atoms with Crippen molar-refractivity contribution in [2.24, 2.45) is 0 Å². The van der Waals surface area contributed by atoms with Gasteiger partial charge in [-0.25, -0.2) is 0 Å². The molecule has 2 nitrogen and oxygen atoms in total. The first-order valence-electron chi connectivity index (χ1n) is 4.34.